The number of ketones is 1. The molecule has 0 aromatic carbocycles. The van der Waals surface area contributed by atoms with Crippen molar-refractivity contribution >= 4 is 11.4 Å². The van der Waals surface area contributed by atoms with Crippen LogP contribution in [0, 0.1) is 0 Å². The maximum absolute atomic E-state index is 12.8. The molecule has 3 heterocycles. The van der Waals surface area contributed by atoms with E-state index in [-0.39, 0.29) is 30.9 Å². The van der Waals surface area contributed by atoms with Gasteiger partial charge in [-0.25, -0.2) is 14.2 Å². The van der Waals surface area contributed by atoms with Gasteiger partial charge in [0.2, 0.25) is 0 Å². The van der Waals surface area contributed by atoms with Crippen LogP contribution in [0.4, 0.5) is 0 Å². The zero-order valence-electron chi connectivity index (χ0n) is 14.2. The lowest BCUT2D eigenvalue weighted by atomic mass is 10.1. The van der Waals surface area contributed by atoms with Crippen molar-refractivity contribution in [1.82, 2.24) is 14.0 Å². The largest absolute Gasteiger partial charge is 0.394 e. The van der Waals surface area contributed by atoms with Crippen LogP contribution in [0.2, 0.25) is 0 Å². The fourth-order valence-electron chi connectivity index (χ4n) is 3.13. The van der Waals surface area contributed by atoms with Gasteiger partial charge in [0.05, 0.1) is 18.4 Å². The van der Waals surface area contributed by atoms with Gasteiger partial charge in [0.25, 0.3) is 0 Å². The maximum atomic E-state index is 12.8. The second kappa shape index (κ2) is 7.47. The Bertz CT molecular complexity index is 812. The molecule has 8 heteroatoms. The van der Waals surface area contributed by atoms with Crippen molar-refractivity contribution in [1.29, 1.82) is 0 Å². The molecule has 136 valence electrons. The standard InChI is InChI=1S/C17H23N3O5/c1-2-3-4-12(22)7-11-9-18-15-5-6-19(17(24)20(11)15)16-8-13(23)14(10-21)25-16/h5-6,9,13-14,16,21,23H,2-4,7-8,10H2,1H3/t13-,14+,16+/m0/s1. The fourth-order valence-corrected chi connectivity index (χ4v) is 3.13. The molecule has 1 saturated heterocycles. The smallest absolute Gasteiger partial charge is 0.336 e. The summed E-state index contributed by atoms with van der Waals surface area (Å²) in [6.07, 6.45) is 3.56. The molecule has 0 amide bonds. The Kier molecular flexibility index (Phi) is 5.31. The van der Waals surface area contributed by atoms with Gasteiger partial charge in [0.15, 0.2) is 0 Å². The van der Waals surface area contributed by atoms with Crippen LogP contribution in [0.15, 0.2) is 23.3 Å². The van der Waals surface area contributed by atoms with E-state index in [1.807, 2.05) is 6.92 Å². The van der Waals surface area contributed by atoms with Gasteiger partial charge in [-0.1, -0.05) is 13.3 Å². The molecule has 1 aliphatic rings. The predicted octanol–water partition coefficient (Wildman–Crippen LogP) is 0.438. The van der Waals surface area contributed by atoms with E-state index >= 15 is 0 Å². The second-order valence-electron chi connectivity index (χ2n) is 6.38. The van der Waals surface area contributed by atoms with E-state index < -0.39 is 18.4 Å². The summed E-state index contributed by atoms with van der Waals surface area (Å²) in [6.45, 7) is 1.72. The van der Waals surface area contributed by atoms with E-state index in [0.29, 0.717) is 17.8 Å². The van der Waals surface area contributed by atoms with Crippen molar-refractivity contribution in [3.05, 3.63) is 34.6 Å². The van der Waals surface area contributed by atoms with E-state index in [4.69, 9.17) is 4.74 Å². The zero-order valence-corrected chi connectivity index (χ0v) is 14.2. The number of hydrogen-bond acceptors (Lipinski definition) is 6. The SMILES string of the molecule is CCCCC(=O)Cc1cnc2ccn([C@H]3C[C@H](O)[C@@H](CO)O3)c(=O)n12. The molecule has 2 N–H and O–H groups in total. The average Bonchev–Trinajstić information content (AvgIpc) is 3.17. The number of unbranched alkanes of at least 4 members (excludes halogenated alkanes) is 1. The fraction of sp³-hybridized carbons (Fsp3) is 0.588. The third-order valence-electron chi connectivity index (χ3n) is 4.54. The summed E-state index contributed by atoms with van der Waals surface area (Å²) in [4.78, 5) is 29.1. The molecule has 0 bridgehead atoms. The quantitative estimate of drug-likeness (QED) is 0.751. The highest BCUT2D eigenvalue weighted by Crippen LogP contribution is 2.27. The monoisotopic (exact) mass is 349 g/mol. The van der Waals surface area contributed by atoms with Crippen LogP contribution in [0.5, 0.6) is 0 Å². The lowest BCUT2D eigenvalue weighted by Crippen LogP contribution is -2.31. The highest BCUT2D eigenvalue weighted by molar-refractivity contribution is 5.80. The molecule has 0 spiro atoms. The van der Waals surface area contributed by atoms with Crippen LogP contribution < -0.4 is 5.69 Å². The van der Waals surface area contributed by atoms with Crippen molar-refractivity contribution < 1.29 is 19.7 Å². The summed E-state index contributed by atoms with van der Waals surface area (Å²) in [7, 11) is 0. The lowest BCUT2D eigenvalue weighted by molar-refractivity contribution is -0.118. The number of aliphatic hydroxyl groups is 2. The minimum atomic E-state index is -0.824. The third-order valence-corrected chi connectivity index (χ3v) is 4.54. The lowest BCUT2D eigenvalue weighted by Gasteiger charge is -2.15. The van der Waals surface area contributed by atoms with Gasteiger partial charge in [-0.05, 0) is 12.5 Å². The molecule has 8 nitrogen and oxygen atoms in total. The van der Waals surface area contributed by atoms with Gasteiger partial charge < -0.3 is 14.9 Å². The molecular weight excluding hydrogens is 326 g/mol. The molecule has 25 heavy (non-hydrogen) atoms. The first-order valence-electron chi connectivity index (χ1n) is 8.58. The normalized spacial score (nSPS) is 23.4. The Morgan fingerprint density at radius 3 is 2.96 bits per heavy atom. The van der Waals surface area contributed by atoms with Crippen LogP contribution in [-0.4, -0.2) is 48.8 Å². The number of carbonyl (C=O) groups is 1. The summed E-state index contributed by atoms with van der Waals surface area (Å²) < 4.78 is 8.33. The molecular formula is C17H23N3O5. The number of Topliss-reactive ketones (excluding diaryl/α,β-unsaturated/α-hetero) is 1. The van der Waals surface area contributed by atoms with Gasteiger partial charge in [-0.3, -0.25) is 9.36 Å². The topological polar surface area (TPSA) is 106 Å². The summed E-state index contributed by atoms with van der Waals surface area (Å²) in [5.41, 5.74) is 0.647. The second-order valence-corrected chi connectivity index (χ2v) is 6.38. The van der Waals surface area contributed by atoms with Crippen molar-refractivity contribution in [2.45, 2.75) is 57.5 Å². The van der Waals surface area contributed by atoms with E-state index in [2.05, 4.69) is 4.98 Å². The Morgan fingerprint density at radius 2 is 2.28 bits per heavy atom. The predicted molar refractivity (Wildman–Crippen MR) is 89.3 cm³/mol. The number of aliphatic hydroxyl groups excluding tert-OH is 2. The van der Waals surface area contributed by atoms with Gasteiger partial charge in [0.1, 0.15) is 23.8 Å². The molecule has 3 rings (SSSR count). The van der Waals surface area contributed by atoms with Crippen molar-refractivity contribution in [3.63, 3.8) is 0 Å². The highest BCUT2D eigenvalue weighted by atomic mass is 16.5. The van der Waals surface area contributed by atoms with Crippen molar-refractivity contribution in [2.24, 2.45) is 0 Å². The maximum Gasteiger partial charge on any atom is 0.336 e. The number of fused-ring (bicyclic) bond motifs is 1. The van der Waals surface area contributed by atoms with Crippen molar-refractivity contribution in [3.8, 4) is 0 Å². The van der Waals surface area contributed by atoms with Gasteiger partial charge in [-0.15, -0.1) is 0 Å². The zero-order chi connectivity index (χ0) is 18.0. The van der Waals surface area contributed by atoms with Crippen LogP contribution in [-0.2, 0) is 16.0 Å². The summed E-state index contributed by atoms with van der Waals surface area (Å²) in [5.74, 6) is 0.0753. The minimum absolute atomic E-state index is 0.0753. The van der Waals surface area contributed by atoms with Gasteiger partial charge >= 0.3 is 5.69 Å². The van der Waals surface area contributed by atoms with Crippen LogP contribution in [0.1, 0.15) is 44.5 Å². The molecule has 0 radical (unpaired) electrons. The number of imidazole rings is 1. The molecule has 2 aromatic heterocycles. The molecule has 0 aliphatic carbocycles. The summed E-state index contributed by atoms with van der Waals surface area (Å²) in [5, 5.41) is 19.1. The Hall–Kier alpha value is -2.03. The van der Waals surface area contributed by atoms with E-state index in [1.165, 1.54) is 8.97 Å². The molecule has 1 aliphatic heterocycles. The van der Waals surface area contributed by atoms with Crippen molar-refractivity contribution in [2.75, 3.05) is 6.61 Å². The Labute approximate surface area is 144 Å². The highest BCUT2D eigenvalue weighted by Gasteiger charge is 2.35. The molecule has 0 unspecified atom stereocenters. The number of carbonyl (C=O) groups excluding carboxylic acids is 1. The molecule has 3 atom stereocenters. The van der Waals surface area contributed by atoms with Crippen LogP contribution >= 0.6 is 0 Å². The van der Waals surface area contributed by atoms with Gasteiger partial charge in [-0.2, -0.15) is 0 Å². The number of aromatic nitrogens is 3. The first-order chi connectivity index (χ1) is 12.0. The first kappa shape index (κ1) is 17.8. The molecule has 2 aromatic rings. The van der Waals surface area contributed by atoms with Crippen LogP contribution in [0.25, 0.3) is 5.65 Å². The molecule has 0 saturated carbocycles. The summed E-state index contributed by atoms with van der Waals surface area (Å²) in [6, 6.07) is 1.67. The van der Waals surface area contributed by atoms with Crippen LogP contribution in [0.3, 0.4) is 0 Å². The van der Waals surface area contributed by atoms with E-state index in [9.17, 15) is 19.8 Å². The number of ether oxygens (including phenoxy) is 1. The number of nitrogens with zero attached hydrogens (tertiary/aromatic N) is 3. The summed E-state index contributed by atoms with van der Waals surface area (Å²) >= 11 is 0. The first-order valence-corrected chi connectivity index (χ1v) is 8.58. The van der Waals surface area contributed by atoms with E-state index in [0.717, 1.165) is 12.8 Å². The Balaban J connectivity index is 1.90. The van der Waals surface area contributed by atoms with Gasteiger partial charge in [0, 0.05) is 31.7 Å². The number of rotatable bonds is 7. The molecule has 1 fully saturated rings. The number of hydrogen-bond donors (Lipinski definition) is 2. The average molecular weight is 349 g/mol. The minimum Gasteiger partial charge on any atom is -0.394 e. The Morgan fingerprint density at radius 1 is 1.48 bits per heavy atom. The van der Waals surface area contributed by atoms with E-state index in [1.54, 1.807) is 18.5 Å². The third kappa shape index (κ3) is 3.51.